The van der Waals surface area contributed by atoms with Crippen LogP contribution in [0.3, 0.4) is 0 Å². The summed E-state index contributed by atoms with van der Waals surface area (Å²) in [6, 6.07) is 0. The van der Waals surface area contributed by atoms with E-state index in [9.17, 15) is 0 Å². The van der Waals surface area contributed by atoms with Crippen molar-refractivity contribution < 1.29 is 9.59 Å². The Morgan fingerprint density at radius 2 is 0.800 bits per heavy atom. The summed E-state index contributed by atoms with van der Waals surface area (Å²) in [5.74, 6) is 0. The van der Waals surface area contributed by atoms with Gasteiger partial charge >= 0.3 is 37.7 Å². The molecule has 3 heteroatoms. The molecule has 0 aliphatic heterocycles. The molecule has 0 saturated carbocycles. The third kappa shape index (κ3) is 86.4. The average molecular weight is 98.1 g/mol. The van der Waals surface area contributed by atoms with Gasteiger partial charge in [-0.15, -0.1) is 0 Å². The van der Waals surface area contributed by atoms with E-state index in [1.807, 2.05) is 0 Å². The molecule has 0 atom stereocenters. The normalized spacial score (nSPS) is 1.60. The summed E-state index contributed by atoms with van der Waals surface area (Å²) >= 11 is 0. The van der Waals surface area contributed by atoms with Crippen molar-refractivity contribution in [2.45, 2.75) is 0 Å². The first kappa shape index (κ1) is 17.5. The molecule has 0 saturated heterocycles. The van der Waals surface area contributed by atoms with Gasteiger partial charge in [-0.05, 0) is 0 Å². The van der Waals surface area contributed by atoms with Crippen LogP contribution in [0.4, 0.5) is 0 Å². The van der Waals surface area contributed by atoms with Crippen LogP contribution in [0, 0.1) is 0 Å². The Balaban J connectivity index is -0.0000000133. The third-order valence-corrected chi connectivity index (χ3v) is 0. The second-order valence-electron chi connectivity index (χ2n) is 0. The monoisotopic (exact) mass is 98.0 g/mol. The van der Waals surface area contributed by atoms with Gasteiger partial charge in [0.2, 0.25) is 0 Å². The summed E-state index contributed by atoms with van der Waals surface area (Å²) in [5.41, 5.74) is 0. The van der Waals surface area contributed by atoms with Crippen LogP contribution in [0.2, 0.25) is 0 Å². The van der Waals surface area contributed by atoms with Crippen molar-refractivity contribution in [3.8, 4) is 0 Å². The minimum absolute atomic E-state index is 0. The number of hydrogen-bond acceptors (Lipinski definition) is 2. The summed E-state index contributed by atoms with van der Waals surface area (Å²) in [5, 5.41) is 0. The summed E-state index contributed by atoms with van der Waals surface area (Å²) in [4.78, 5) is 15.5. The van der Waals surface area contributed by atoms with E-state index in [0.717, 1.165) is 0 Å². The van der Waals surface area contributed by atoms with E-state index in [0.29, 0.717) is 0 Å². The molecule has 0 radical (unpaired) electrons. The van der Waals surface area contributed by atoms with Crippen molar-refractivity contribution in [3.63, 3.8) is 0 Å². The second-order valence-corrected chi connectivity index (χ2v) is 0. The van der Waals surface area contributed by atoms with E-state index in [1.54, 1.807) is 0 Å². The first-order valence-corrected chi connectivity index (χ1v) is 0.471. The van der Waals surface area contributed by atoms with Crippen LogP contribution < -0.4 is 0 Å². The Hall–Kier alpha value is 0.600. The van der Waals surface area contributed by atoms with Gasteiger partial charge in [0, 0.05) is 0 Å². The van der Waals surface area contributed by atoms with Gasteiger partial charge in [0.25, 0.3) is 0 Å². The molecule has 0 aromatic carbocycles. The van der Waals surface area contributed by atoms with Gasteiger partial charge in [-0.1, -0.05) is 0 Å². The van der Waals surface area contributed by atoms with Gasteiger partial charge in [0.05, 0.1) is 0 Å². The van der Waals surface area contributed by atoms with Crippen molar-refractivity contribution in [1.29, 1.82) is 0 Å². The fraction of sp³-hybridized carbons (Fsp3) is 0. The standard InChI is InChI=1S/2CHO.Ca/c2*1-2;/h2*1H;/q2*-1;+2. The molecule has 0 heterocycles. The first-order chi connectivity index (χ1) is 2.00. The van der Waals surface area contributed by atoms with Crippen molar-refractivity contribution in [2.75, 3.05) is 0 Å². The Morgan fingerprint density at radius 3 is 0.800 bits per heavy atom. The summed E-state index contributed by atoms with van der Waals surface area (Å²) < 4.78 is 0. The molecule has 0 bridgehead atoms. The predicted octanol–water partition coefficient (Wildman–Crippen LogP) is -0.929. The van der Waals surface area contributed by atoms with Crippen LogP contribution in [-0.4, -0.2) is 51.3 Å². The van der Waals surface area contributed by atoms with Crippen molar-refractivity contribution >= 4 is 51.3 Å². The van der Waals surface area contributed by atoms with E-state index in [4.69, 9.17) is 9.59 Å². The minimum atomic E-state index is 0. The Bertz CT molecular complexity index is 9.61. The van der Waals surface area contributed by atoms with Gasteiger partial charge in [0.15, 0.2) is 0 Å². The fourth-order valence-corrected chi connectivity index (χ4v) is 0. The number of carbonyl (C=O) groups excluding carboxylic acids is 2. The molecule has 5 heavy (non-hydrogen) atoms. The second kappa shape index (κ2) is 166. The average Bonchev–Trinajstić information content (AvgIpc) is 1.50. The molecule has 0 rings (SSSR count). The van der Waals surface area contributed by atoms with Gasteiger partial charge in [-0.25, -0.2) is 0 Å². The molecule has 0 aliphatic carbocycles. The first-order valence-electron chi connectivity index (χ1n) is 0.471. The van der Waals surface area contributed by atoms with Crippen molar-refractivity contribution in [3.05, 3.63) is 0 Å². The molecule has 0 aromatic rings. The van der Waals surface area contributed by atoms with Gasteiger partial charge < -0.3 is 9.59 Å². The van der Waals surface area contributed by atoms with Crippen LogP contribution in [0.5, 0.6) is 0 Å². The van der Waals surface area contributed by atoms with E-state index in [2.05, 4.69) is 13.6 Å². The van der Waals surface area contributed by atoms with E-state index in [1.165, 1.54) is 0 Å². The zero-order valence-corrected chi connectivity index (χ0v) is 4.89. The van der Waals surface area contributed by atoms with Crippen LogP contribution in [-0.2, 0) is 9.59 Å². The Labute approximate surface area is 60.5 Å². The largest absolute Gasteiger partial charge is 2.00 e. The molecular weight excluding hydrogens is 96.1 g/mol. The number of hydrogen-bond donors (Lipinski definition) is 0. The van der Waals surface area contributed by atoms with Gasteiger partial charge in [-0.3, -0.25) is 13.6 Å². The topological polar surface area (TPSA) is 34.1 Å². The molecule has 2 nitrogen and oxygen atoms in total. The molecule has 0 spiro atoms. The molecule has 0 N–H and O–H groups in total. The Morgan fingerprint density at radius 1 is 0.800 bits per heavy atom. The Kier molecular flexibility index (Phi) is 581. The van der Waals surface area contributed by atoms with Crippen LogP contribution in [0.25, 0.3) is 0 Å². The zero-order chi connectivity index (χ0) is 4.00. The predicted molar refractivity (Wildman–Crippen MR) is 19.3 cm³/mol. The molecule has 0 amide bonds. The smallest absolute Gasteiger partial charge is 0.545 e. The van der Waals surface area contributed by atoms with Crippen molar-refractivity contribution in [2.24, 2.45) is 0 Å². The van der Waals surface area contributed by atoms with Gasteiger partial charge in [0.1, 0.15) is 0 Å². The molecule has 24 valence electrons. The molecule has 0 aromatic heterocycles. The molecule has 0 aliphatic rings. The van der Waals surface area contributed by atoms with Gasteiger partial charge in [-0.2, -0.15) is 0 Å². The summed E-state index contributed by atoms with van der Waals surface area (Å²) in [7, 11) is 0. The van der Waals surface area contributed by atoms with Crippen LogP contribution in [0.1, 0.15) is 0 Å². The number of rotatable bonds is 0. The third-order valence-electron chi connectivity index (χ3n) is 0. The zero-order valence-electron chi connectivity index (χ0n) is 2.68. The quantitative estimate of drug-likeness (QED) is 0.223. The van der Waals surface area contributed by atoms with E-state index < -0.39 is 0 Å². The summed E-state index contributed by atoms with van der Waals surface area (Å²) in [6.45, 7) is 6.50. The maximum atomic E-state index is 7.75. The van der Waals surface area contributed by atoms with E-state index >= 15 is 0 Å². The minimum Gasteiger partial charge on any atom is -0.545 e. The van der Waals surface area contributed by atoms with Crippen LogP contribution >= 0.6 is 0 Å². The maximum absolute atomic E-state index is 7.75. The van der Waals surface area contributed by atoms with Crippen LogP contribution in [0.15, 0.2) is 0 Å². The van der Waals surface area contributed by atoms with Crippen molar-refractivity contribution in [1.82, 2.24) is 0 Å². The fourth-order valence-electron chi connectivity index (χ4n) is 0. The molecular formula is C2H2CaO2. The summed E-state index contributed by atoms with van der Waals surface area (Å²) in [6.07, 6.45) is 0. The maximum Gasteiger partial charge on any atom is 2.00 e. The molecule has 0 fully saturated rings. The SMILES string of the molecule is [CH-]=O.[CH-]=O.[Ca+2]. The van der Waals surface area contributed by atoms with E-state index in [-0.39, 0.29) is 37.7 Å². The molecule has 0 unspecified atom stereocenters.